The van der Waals surface area contributed by atoms with E-state index in [0.717, 1.165) is 0 Å². The molecule has 0 spiro atoms. The zero-order valence-corrected chi connectivity index (χ0v) is 20.2. The van der Waals surface area contributed by atoms with Crippen LogP contribution in [0, 0.1) is 3.57 Å². The quantitative estimate of drug-likeness (QED) is 0.199. The summed E-state index contributed by atoms with van der Waals surface area (Å²) in [5, 5.41) is 5.07. The minimum atomic E-state index is 1.24. The molecule has 0 radical (unpaired) electrons. The van der Waals surface area contributed by atoms with Crippen molar-refractivity contribution in [1.29, 1.82) is 0 Å². The highest BCUT2D eigenvalue weighted by atomic mass is 127. The Morgan fingerprint density at radius 1 is 0.303 bits per heavy atom. The standard InChI is InChI=1S/C32H21I/c33-32-11-5-10-26(21-32)29-18-30(27-14-12-22-6-1-3-8-24(22)16-27)20-31(19-29)28-15-13-23-7-2-4-9-25(23)17-28/h1-21H. The SMILES string of the molecule is Ic1cccc(-c2cc(-c3ccc4ccccc4c3)cc(-c3ccc4ccccc4c3)c2)c1. The van der Waals surface area contributed by atoms with Crippen LogP contribution in [0.5, 0.6) is 0 Å². The van der Waals surface area contributed by atoms with Crippen LogP contribution >= 0.6 is 22.6 Å². The van der Waals surface area contributed by atoms with Gasteiger partial charge in [-0.2, -0.15) is 0 Å². The van der Waals surface area contributed by atoms with E-state index in [2.05, 4.69) is 150 Å². The first-order chi connectivity index (χ1) is 16.2. The summed E-state index contributed by atoms with van der Waals surface area (Å²) in [6.07, 6.45) is 0. The molecule has 0 saturated carbocycles. The smallest absolute Gasteiger partial charge is 0.0136 e. The number of hydrogen-bond acceptors (Lipinski definition) is 0. The van der Waals surface area contributed by atoms with Crippen molar-refractivity contribution < 1.29 is 0 Å². The maximum atomic E-state index is 2.39. The topological polar surface area (TPSA) is 0 Å². The van der Waals surface area contributed by atoms with E-state index in [1.54, 1.807) is 0 Å². The Hall–Kier alpha value is -3.43. The highest BCUT2D eigenvalue weighted by Crippen LogP contribution is 2.35. The summed E-state index contributed by atoms with van der Waals surface area (Å²) in [6.45, 7) is 0. The van der Waals surface area contributed by atoms with Crippen LogP contribution < -0.4 is 0 Å². The molecule has 0 aliphatic carbocycles. The van der Waals surface area contributed by atoms with Crippen LogP contribution in [0.4, 0.5) is 0 Å². The van der Waals surface area contributed by atoms with E-state index in [9.17, 15) is 0 Å². The molecule has 0 nitrogen and oxygen atoms in total. The zero-order valence-electron chi connectivity index (χ0n) is 18.0. The fourth-order valence-corrected chi connectivity index (χ4v) is 5.08. The number of fused-ring (bicyclic) bond motifs is 2. The van der Waals surface area contributed by atoms with Crippen molar-refractivity contribution in [2.75, 3.05) is 0 Å². The molecule has 0 atom stereocenters. The molecule has 1 heteroatoms. The molecule has 0 aliphatic heterocycles. The van der Waals surface area contributed by atoms with Gasteiger partial charge in [0.05, 0.1) is 0 Å². The van der Waals surface area contributed by atoms with Crippen molar-refractivity contribution in [1.82, 2.24) is 0 Å². The van der Waals surface area contributed by atoms with Gasteiger partial charge < -0.3 is 0 Å². The van der Waals surface area contributed by atoms with E-state index in [-0.39, 0.29) is 0 Å². The summed E-state index contributed by atoms with van der Waals surface area (Å²) in [5.74, 6) is 0. The fourth-order valence-electron chi connectivity index (χ4n) is 4.53. The van der Waals surface area contributed by atoms with Gasteiger partial charge in [0.2, 0.25) is 0 Å². The van der Waals surface area contributed by atoms with E-state index in [1.807, 2.05) is 0 Å². The molecular formula is C32H21I. The Morgan fingerprint density at radius 3 is 1.24 bits per heavy atom. The van der Waals surface area contributed by atoms with Crippen molar-refractivity contribution in [2.45, 2.75) is 0 Å². The molecule has 0 heterocycles. The van der Waals surface area contributed by atoms with E-state index < -0.39 is 0 Å². The predicted molar refractivity (Wildman–Crippen MR) is 150 cm³/mol. The minimum Gasteiger partial charge on any atom is -0.0616 e. The molecule has 33 heavy (non-hydrogen) atoms. The van der Waals surface area contributed by atoms with Gasteiger partial charge in [-0.25, -0.2) is 0 Å². The van der Waals surface area contributed by atoms with Gasteiger partial charge in [-0.3, -0.25) is 0 Å². The summed E-state index contributed by atoms with van der Waals surface area (Å²) in [5.41, 5.74) is 7.43. The largest absolute Gasteiger partial charge is 0.0616 e. The van der Waals surface area contributed by atoms with E-state index in [0.29, 0.717) is 0 Å². The van der Waals surface area contributed by atoms with Gasteiger partial charge in [-0.05, 0) is 120 Å². The van der Waals surface area contributed by atoms with Gasteiger partial charge >= 0.3 is 0 Å². The number of benzene rings is 6. The minimum absolute atomic E-state index is 1.24. The first kappa shape index (κ1) is 20.2. The first-order valence-electron chi connectivity index (χ1n) is 11.1. The van der Waals surface area contributed by atoms with Gasteiger partial charge in [0.15, 0.2) is 0 Å². The Labute approximate surface area is 207 Å². The normalized spacial score (nSPS) is 11.2. The highest BCUT2D eigenvalue weighted by Gasteiger charge is 2.09. The van der Waals surface area contributed by atoms with Crippen LogP contribution in [0.1, 0.15) is 0 Å². The van der Waals surface area contributed by atoms with Crippen LogP contribution in [0.15, 0.2) is 127 Å². The number of rotatable bonds is 3. The lowest BCUT2D eigenvalue weighted by atomic mass is 9.92. The predicted octanol–water partition coefficient (Wildman–Crippen LogP) is 9.60. The van der Waals surface area contributed by atoms with Crippen molar-refractivity contribution in [2.24, 2.45) is 0 Å². The molecule has 0 aliphatic rings. The van der Waals surface area contributed by atoms with Crippen LogP contribution in [0.3, 0.4) is 0 Å². The van der Waals surface area contributed by atoms with Crippen molar-refractivity contribution in [3.8, 4) is 33.4 Å². The van der Waals surface area contributed by atoms with E-state index in [1.165, 1.54) is 58.5 Å². The summed E-state index contributed by atoms with van der Waals surface area (Å²) >= 11 is 2.39. The summed E-state index contributed by atoms with van der Waals surface area (Å²) in [7, 11) is 0. The van der Waals surface area contributed by atoms with Crippen molar-refractivity contribution >= 4 is 44.1 Å². The van der Waals surface area contributed by atoms with Crippen molar-refractivity contribution in [3.63, 3.8) is 0 Å². The third-order valence-electron chi connectivity index (χ3n) is 6.26. The second-order valence-corrected chi connectivity index (χ2v) is 9.68. The molecular weight excluding hydrogens is 511 g/mol. The molecule has 0 bridgehead atoms. The number of hydrogen-bond donors (Lipinski definition) is 0. The zero-order chi connectivity index (χ0) is 22.2. The molecule has 156 valence electrons. The molecule has 0 aromatic heterocycles. The Balaban J connectivity index is 1.57. The Bertz CT molecular complexity index is 1530. The molecule has 6 aromatic carbocycles. The molecule has 6 aromatic rings. The molecule has 0 unspecified atom stereocenters. The molecule has 0 saturated heterocycles. The van der Waals surface area contributed by atoms with E-state index in [4.69, 9.17) is 0 Å². The lowest BCUT2D eigenvalue weighted by Crippen LogP contribution is -1.87. The monoisotopic (exact) mass is 532 g/mol. The van der Waals surface area contributed by atoms with Gasteiger partial charge in [0, 0.05) is 3.57 Å². The molecule has 0 N–H and O–H groups in total. The van der Waals surface area contributed by atoms with Crippen LogP contribution in [0.2, 0.25) is 0 Å². The maximum Gasteiger partial charge on any atom is 0.0136 e. The lowest BCUT2D eigenvalue weighted by Gasteiger charge is -2.13. The lowest BCUT2D eigenvalue weighted by molar-refractivity contribution is 1.56. The summed E-state index contributed by atoms with van der Waals surface area (Å²) < 4.78 is 1.24. The number of halogens is 1. The van der Waals surface area contributed by atoms with Gasteiger partial charge in [0.1, 0.15) is 0 Å². The molecule has 6 rings (SSSR count). The van der Waals surface area contributed by atoms with Gasteiger partial charge in [-0.15, -0.1) is 0 Å². The van der Waals surface area contributed by atoms with Gasteiger partial charge in [0.25, 0.3) is 0 Å². The second-order valence-electron chi connectivity index (χ2n) is 8.43. The third-order valence-corrected chi connectivity index (χ3v) is 6.93. The van der Waals surface area contributed by atoms with Crippen LogP contribution in [0.25, 0.3) is 54.9 Å². The Morgan fingerprint density at radius 2 is 0.758 bits per heavy atom. The Kier molecular flexibility index (Phi) is 5.20. The first-order valence-corrected chi connectivity index (χ1v) is 12.2. The van der Waals surface area contributed by atoms with Gasteiger partial charge in [-0.1, -0.05) is 84.9 Å². The molecule has 0 amide bonds. The summed E-state index contributed by atoms with van der Waals surface area (Å²) in [6, 6.07) is 46.3. The fraction of sp³-hybridized carbons (Fsp3) is 0. The highest BCUT2D eigenvalue weighted by molar-refractivity contribution is 14.1. The van der Waals surface area contributed by atoms with Crippen molar-refractivity contribution in [3.05, 3.63) is 131 Å². The maximum absolute atomic E-state index is 2.39. The third kappa shape index (κ3) is 4.05. The summed E-state index contributed by atoms with van der Waals surface area (Å²) in [4.78, 5) is 0. The second kappa shape index (κ2) is 8.49. The van der Waals surface area contributed by atoms with Crippen LogP contribution in [-0.4, -0.2) is 0 Å². The average Bonchev–Trinajstić information content (AvgIpc) is 2.88. The molecule has 0 fully saturated rings. The average molecular weight is 532 g/mol. The van der Waals surface area contributed by atoms with E-state index >= 15 is 0 Å². The van der Waals surface area contributed by atoms with Crippen LogP contribution in [-0.2, 0) is 0 Å².